The molecule has 19 heavy (non-hydrogen) atoms. The Bertz CT molecular complexity index is 264. The molecule has 1 aliphatic heterocycles. The Morgan fingerprint density at radius 1 is 1.47 bits per heavy atom. The van der Waals surface area contributed by atoms with Crippen molar-refractivity contribution in [1.29, 1.82) is 0 Å². The first-order valence-corrected chi connectivity index (χ1v) is 7.18. The summed E-state index contributed by atoms with van der Waals surface area (Å²) in [6.07, 6.45) is 2.45. The summed E-state index contributed by atoms with van der Waals surface area (Å²) < 4.78 is 5.08. The Balaban J connectivity index is 2.32. The zero-order chi connectivity index (χ0) is 14.1. The van der Waals surface area contributed by atoms with Gasteiger partial charge in [-0.05, 0) is 45.3 Å². The van der Waals surface area contributed by atoms with Gasteiger partial charge in [-0.1, -0.05) is 6.92 Å². The van der Waals surface area contributed by atoms with Crippen LogP contribution < -0.4 is 16.6 Å². The van der Waals surface area contributed by atoms with Gasteiger partial charge in [0.25, 0.3) is 0 Å². The van der Waals surface area contributed by atoms with Gasteiger partial charge in [-0.25, -0.2) is 5.84 Å². The van der Waals surface area contributed by atoms with E-state index in [9.17, 15) is 0 Å². The van der Waals surface area contributed by atoms with Crippen molar-refractivity contribution in [2.45, 2.75) is 32.7 Å². The van der Waals surface area contributed by atoms with Gasteiger partial charge in [-0.3, -0.25) is 10.4 Å². The average molecular weight is 271 g/mol. The van der Waals surface area contributed by atoms with Crippen molar-refractivity contribution < 1.29 is 4.74 Å². The van der Waals surface area contributed by atoms with Crippen molar-refractivity contribution in [2.75, 3.05) is 39.9 Å². The molecule has 0 radical (unpaired) electrons. The number of aliphatic imine (C=N–C) groups is 1. The predicted octanol–water partition coefficient (Wildman–Crippen LogP) is 0.162. The number of hydrogen-bond donors (Lipinski definition) is 3. The molecule has 0 saturated carbocycles. The molecule has 1 saturated heterocycles. The third kappa shape index (κ3) is 6.22. The lowest BCUT2D eigenvalue weighted by Gasteiger charge is -2.30. The average Bonchev–Trinajstić information content (AvgIpc) is 2.44. The number of hydrogen-bond acceptors (Lipinski definition) is 4. The molecule has 0 bridgehead atoms. The van der Waals surface area contributed by atoms with E-state index < -0.39 is 0 Å². The molecule has 1 atom stereocenters. The lowest BCUT2D eigenvalue weighted by atomic mass is 9.97. The Labute approximate surface area is 116 Å². The summed E-state index contributed by atoms with van der Waals surface area (Å²) in [5.74, 6) is 6.81. The molecular weight excluding hydrogens is 242 g/mol. The summed E-state index contributed by atoms with van der Waals surface area (Å²) in [7, 11) is 1.69. The molecule has 1 rings (SSSR count). The fourth-order valence-electron chi connectivity index (χ4n) is 2.36. The molecule has 6 heteroatoms. The number of nitrogens with zero attached hydrogens (tertiary/aromatic N) is 2. The molecule has 0 amide bonds. The topological polar surface area (TPSA) is 74.9 Å². The second-order valence-corrected chi connectivity index (χ2v) is 5.21. The molecule has 1 unspecified atom stereocenters. The summed E-state index contributed by atoms with van der Waals surface area (Å²) in [6, 6.07) is 0.196. The van der Waals surface area contributed by atoms with Crippen LogP contribution in [0.4, 0.5) is 0 Å². The molecule has 0 spiro atoms. The standard InChI is InChI=1S/C13H29N5O/c1-4-18-7-5-12(6-8-18)9-15-13(17-14)16-11(2)10-19-3/h11-12H,4-10,14H2,1-3H3,(H2,15,16,17). The van der Waals surface area contributed by atoms with Crippen molar-refractivity contribution in [3.8, 4) is 0 Å². The number of hydrazine groups is 1. The summed E-state index contributed by atoms with van der Waals surface area (Å²) in [5, 5.41) is 3.21. The van der Waals surface area contributed by atoms with E-state index in [4.69, 9.17) is 10.6 Å². The Kier molecular flexibility index (Phi) is 7.78. The van der Waals surface area contributed by atoms with E-state index in [0.717, 1.165) is 13.1 Å². The van der Waals surface area contributed by atoms with Gasteiger partial charge in [0.05, 0.1) is 6.61 Å². The summed E-state index contributed by atoms with van der Waals surface area (Å²) in [6.45, 7) is 9.26. The van der Waals surface area contributed by atoms with Crippen LogP contribution in [0, 0.1) is 5.92 Å². The van der Waals surface area contributed by atoms with Crippen LogP contribution in [-0.2, 0) is 4.74 Å². The largest absolute Gasteiger partial charge is 0.383 e. The molecule has 1 heterocycles. The van der Waals surface area contributed by atoms with Crippen LogP contribution >= 0.6 is 0 Å². The highest BCUT2D eigenvalue weighted by atomic mass is 16.5. The second kappa shape index (κ2) is 9.12. The van der Waals surface area contributed by atoms with Crippen molar-refractivity contribution >= 4 is 5.96 Å². The number of nitrogens with one attached hydrogen (secondary N) is 2. The number of nitrogens with two attached hydrogens (primary N) is 1. The Hall–Kier alpha value is -0.850. The molecule has 0 aliphatic carbocycles. The predicted molar refractivity (Wildman–Crippen MR) is 78.9 cm³/mol. The van der Waals surface area contributed by atoms with Crippen LogP contribution in [0.15, 0.2) is 4.99 Å². The minimum atomic E-state index is 0.196. The van der Waals surface area contributed by atoms with E-state index in [-0.39, 0.29) is 6.04 Å². The van der Waals surface area contributed by atoms with Gasteiger partial charge in [0.2, 0.25) is 5.96 Å². The first-order valence-electron chi connectivity index (χ1n) is 7.18. The first kappa shape index (κ1) is 16.2. The lowest BCUT2D eigenvalue weighted by Crippen LogP contribution is -2.47. The van der Waals surface area contributed by atoms with Crippen LogP contribution in [0.2, 0.25) is 0 Å². The number of piperidine rings is 1. The highest BCUT2D eigenvalue weighted by Gasteiger charge is 2.17. The monoisotopic (exact) mass is 271 g/mol. The number of methoxy groups -OCH3 is 1. The van der Waals surface area contributed by atoms with Gasteiger partial charge >= 0.3 is 0 Å². The molecule has 0 aromatic heterocycles. The highest BCUT2D eigenvalue weighted by molar-refractivity contribution is 5.79. The van der Waals surface area contributed by atoms with Crippen molar-refractivity contribution in [3.63, 3.8) is 0 Å². The van der Waals surface area contributed by atoms with Gasteiger partial charge in [-0.15, -0.1) is 0 Å². The minimum absolute atomic E-state index is 0.196. The van der Waals surface area contributed by atoms with Crippen LogP contribution in [0.1, 0.15) is 26.7 Å². The lowest BCUT2D eigenvalue weighted by molar-refractivity contribution is 0.178. The zero-order valence-corrected chi connectivity index (χ0v) is 12.5. The van der Waals surface area contributed by atoms with Crippen LogP contribution in [0.5, 0.6) is 0 Å². The molecule has 4 N–H and O–H groups in total. The van der Waals surface area contributed by atoms with E-state index in [2.05, 4.69) is 27.6 Å². The number of rotatable bonds is 6. The molecule has 1 fully saturated rings. The Morgan fingerprint density at radius 2 is 2.16 bits per heavy atom. The second-order valence-electron chi connectivity index (χ2n) is 5.21. The molecule has 0 aromatic rings. The number of likely N-dealkylation sites (tertiary alicyclic amines) is 1. The van der Waals surface area contributed by atoms with Crippen LogP contribution in [0.3, 0.4) is 0 Å². The molecule has 112 valence electrons. The number of guanidine groups is 1. The van der Waals surface area contributed by atoms with Crippen molar-refractivity contribution in [3.05, 3.63) is 0 Å². The van der Waals surface area contributed by atoms with E-state index in [0.29, 0.717) is 18.5 Å². The third-order valence-electron chi connectivity index (χ3n) is 3.60. The maximum atomic E-state index is 5.48. The van der Waals surface area contributed by atoms with E-state index >= 15 is 0 Å². The fourth-order valence-corrected chi connectivity index (χ4v) is 2.36. The van der Waals surface area contributed by atoms with Crippen LogP contribution in [-0.4, -0.2) is 56.8 Å². The smallest absolute Gasteiger partial charge is 0.206 e. The normalized spacial score (nSPS) is 20.3. The molecular formula is C13H29N5O. The number of ether oxygens (including phenoxy) is 1. The fraction of sp³-hybridized carbons (Fsp3) is 0.923. The van der Waals surface area contributed by atoms with Gasteiger partial charge in [0, 0.05) is 19.7 Å². The molecule has 0 aromatic carbocycles. The molecule has 1 aliphatic rings. The summed E-state index contributed by atoms with van der Waals surface area (Å²) in [5.41, 5.74) is 2.62. The highest BCUT2D eigenvalue weighted by Crippen LogP contribution is 2.16. The summed E-state index contributed by atoms with van der Waals surface area (Å²) >= 11 is 0. The van der Waals surface area contributed by atoms with Gasteiger partial charge in [0.1, 0.15) is 0 Å². The van der Waals surface area contributed by atoms with Gasteiger partial charge in [-0.2, -0.15) is 0 Å². The summed E-state index contributed by atoms with van der Waals surface area (Å²) in [4.78, 5) is 7.02. The van der Waals surface area contributed by atoms with Gasteiger partial charge < -0.3 is 15.0 Å². The van der Waals surface area contributed by atoms with Gasteiger partial charge in [0.15, 0.2) is 0 Å². The molecule has 6 nitrogen and oxygen atoms in total. The minimum Gasteiger partial charge on any atom is -0.383 e. The quantitative estimate of drug-likeness (QED) is 0.278. The van der Waals surface area contributed by atoms with Crippen LogP contribution in [0.25, 0.3) is 0 Å². The zero-order valence-electron chi connectivity index (χ0n) is 12.5. The maximum Gasteiger partial charge on any atom is 0.206 e. The Morgan fingerprint density at radius 3 is 2.68 bits per heavy atom. The maximum absolute atomic E-state index is 5.48. The van der Waals surface area contributed by atoms with Crippen molar-refractivity contribution in [1.82, 2.24) is 15.6 Å². The van der Waals surface area contributed by atoms with Crippen molar-refractivity contribution in [2.24, 2.45) is 16.8 Å². The third-order valence-corrected chi connectivity index (χ3v) is 3.60. The first-order chi connectivity index (χ1) is 9.19. The van der Waals surface area contributed by atoms with E-state index in [1.807, 2.05) is 6.92 Å². The van der Waals surface area contributed by atoms with E-state index in [1.54, 1.807) is 7.11 Å². The SMILES string of the molecule is CCN1CCC(CN=C(NN)NC(C)COC)CC1. The van der Waals surface area contributed by atoms with E-state index in [1.165, 1.54) is 25.9 Å².